The van der Waals surface area contributed by atoms with E-state index in [2.05, 4.69) is 0 Å². The van der Waals surface area contributed by atoms with Crippen LogP contribution in [0, 0.1) is 6.92 Å². The van der Waals surface area contributed by atoms with Gasteiger partial charge in [0, 0.05) is 13.1 Å². The van der Waals surface area contributed by atoms with E-state index in [0.29, 0.717) is 10.5 Å². The minimum absolute atomic E-state index is 0.184. The van der Waals surface area contributed by atoms with E-state index >= 15 is 0 Å². The van der Waals surface area contributed by atoms with Crippen molar-refractivity contribution >= 4 is 15.7 Å². The molecule has 0 unspecified atom stereocenters. The fraction of sp³-hybridized carbons (Fsp3) is 0.450. The van der Waals surface area contributed by atoms with Crippen molar-refractivity contribution in [3.05, 3.63) is 53.5 Å². The lowest BCUT2D eigenvalue weighted by molar-refractivity contribution is 0.0662. The van der Waals surface area contributed by atoms with Crippen molar-refractivity contribution in [1.82, 2.24) is 4.90 Å². The van der Waals surface area contributed by atoms with E-state index in [-0.39, 0.29) is 29.2 Å². The molecule has 5 nitrogen and oxygen atoms in total. The monoisotopic (exact) mass is 375 g/mol. The van der Waals surface area contributed by atoms with Gasteiger partial charge in [0.15, 0.2) is 15.6 Å². The Hall–Kier alpha value is -2.08. The smallest absolute Gasteiger partial charge is 0.289 e. The van der Waals surface area contributed by atoms with Crippen molar-refractivity contribution in [3.8, 4) is 0 Å². The van der Waals surface area contributed by atoms with Crippen molar-refractivity contribution in [1.29, 1.82) is 0 Å². The largest absolute Gasteiger partial charge is 0.455 e. The first-order valence-electron chi connectivity index (χ1n) is 9.03. The van der Waals surface area contributed by atoms with Gasteiger partial charge in [0.2, 0.25) is 0 Å². The topological polar surface area (TPSA) is 67.6 Å². The second kappa shape index (κ2) is 7.66. The predicted molar refractivity (Wildman–Crippen MR) is 99.7 cm³/mol. The van der Waals surface area contributed by atoms with Gasteiger partial charge >= 0.3 is 0 Å². The lowest BCUT2D eigenvalue weighted by atomic mass is 9.94. The molecule has 1 aliphatic rings. The van der Waals surface area contributed by atoms with Crippen LogP contribution in [0.4, 0.5) is 0 Å². The van der Waals surface area contributed by atoms with Crippen LogP contribution in [0.15, 0.2) is 45.7 Å². The second-order valence-corrected chi connectivity index (χ2v) is 8.96. The molecule has 0 spiro atoms. The van der Waals surface area contributed by atoms with E-state index in [1.54, 1.807) is 55.3 Å². The Labute approximate surface area is 154 Å². The van der Waals surface area contributed by atoms with Gasteiger partial charge in [0.1, 0.15) is 11.5 Å². The zero-order valence-electron chi connectivity index (χ0n) is 15.3. The summed E-state index contributed by atoms with van der Waals surface area (Å²) in [5, 5.41) is 0. The molecule has 0 radical (unpaired) electrons. The zero-order chi connectivity index (χ0) is 18.7. The molecule has 0 atom stereocenters. The Kier molecular flexibility index (Phi) is 5.51. The van der Waals surface area contributed by atoms with Crippen LogP contribution in [0.3, 0.4) is 0 Å². The molecule has 1 aromatic heterocycles. The van der Waals surface area contributed by atoms with Crippen molar-refractivity contribution in [2.75, 3.05) is 7.05 Å². The average Bonchev–Trinajstić information content (AvgIpc) is 3.09. The third-order valence-electron chi connectivity index (χ3n) is 5.08. The first-order chi connectivity index (χ1) is 12.4. The molecule has 0 N–H and O–H groups in total. The lowest BCUT2D eigenvalue weighted by Gasteiger charge is -2.30. The molecule has 2 aromatic rings. The molecule has 3 rings (SSSR count). The summed E-state index contributed by atoms with van der Waals surface area (Å²) in [6.45, 7) is 1.77. The molecule has 1 saturated carbocycles. The summed E-state index contributed by atoms with van der Waals surface area (Å²) < 4.78 is 30.8. The predicted octanol–water partition coefficient (Wildman–Crippen LogP) is 3.97. The van der Waals surface area contributed by atoms with Gasteiger partial charge in [-0.3, -0.25) is 4.79 Å². The maximum absolute atomic E-state index is 12.6. The van der Waals surface area contributed by atoms with Gasteiger partial charge in [0.25, 0.3) is 5.91 Å². The lowest BCUT2D eigenvalue weighted by Crippen LogP contribution is -2.38. The fourth-order valence-electron chi connectivity index (χ4n) is 3.55. The summed E-state index contributed by atoms with van der Waals surface area (Å²) in [6, 6.07) is 10.3. The number of sulfone groups is 1. The SMILES string of the molecule is Cc1ccccc1S(=O)(=O)Cc1ccc(C(=O)N(C)C2CCCCC2)o1. The van der Waals surface area contributed by atoms with Gasteiger partial charge in [-0.1, -0.05) is 37.5 Å². The summed E-state index contributed by atoms with van der Waals surface area (Å²) in [5.41, 5.74) is 0.701. The third-order valence-corrected chi connectivity index (χ3v) is 6.87. The van der Waals surface area contributed by atoms with Crippen LogP contribution < -0.4 is 0 Å². The van der Waals surface area contributed by atoms with Gasteiger partial charge in [-0.2, -0.15) is 0 Å². The Morgan fingerprint density at radius 1 is 1.12 bits per heavy atom. The molecular weight excluding hydrogens is 350 g/mol. The first-order valence-corrected chi connectivity index (χ1v) is 10.7. The maximum Gasteiger partial charge on any atom is 0.289 e. The molecule has 6 heteroatoms. The molecule has 1 amide bonds. The molecule has 1 aliphatic carbocycles. The van der Waals surface area contributed by atoms with Crippen LogP contribution in [-0.2, 0) is 15.6 Å². The minimum Gasteiger partial charge on any atom is -0.455 e. The first kappa shape index (κ1) is 18.7. The number of nitrogens with zero attached hydrogens (tertiary/aromatic N) is 1. The zero-order valence-corrected chi connectivity index (χ0v) is 16.1. The molecular formula is C20H25NO4S. The number of carbonyl (C=O) groups is 1. The van der Waals surface area contributed by atoms with Crippen molar-refractivity contribution in [2.24, 2.45) is 0 Å². The van der Waals surface area contributed by atoms with Gasteiger partial charge in [0.05, 0.1) is 4.90 Å². The Bertz CT molecular complexity index is 879. The number of benzene rings is 1. The van der Waals surface area contributed by atoms with Crippen molar-refractivity contribution in [2.45, 2.75) is 55.7 Å². The Morgan fingerprint density at radius 2 is 1.81 bits per heavy atom. The number of rotatable bonds is 5. The van der Waals surface area contributed by atoms with Crippen LogP contribution in [0.25, 0.3) is 0 Å². The highest BCUT2D eigenvalue weighted by molar-refractivity contribution is 7.90. The molecule has 1 fully saturated rings. The number of amides is 1. The highest BCUT2D eigenvalue weighted by atomic mass is 32.2. The van der Waals surface area contributed by atoms with Crippen LogP contribution in [0.1, 0.15) is 54.0 Å². The standard InChI is InChI=1S/C20H25NO4S/c1-15-8-6-7-11-19(15)26(23,24)14-17-12-13-18(25-17)20(22)21(2)16-9-4-3-5-10-16/h6-8,11-13,16H,3-5,9-10,14H2,1-2H3. The molecule has 0 saturated heterocycles. The van der Waals surface area contributed by atoms with E-state index in [1.807, 2.05) is 0 Å². The van der Waals surface area contributed by atoms with E-state index < -0.39 is 9.84 Å². The van der Waals surface area contributed by atoms with Gasteiger partial charge in [-0.05, 0) is 43.5 Å². The highest BCUT2D eigenvalue weighted by Gasteiger charge is 2.26. The minimum atomic E-state index is -3.52. The number of hydrogen-bond acceptors (Lipinski definition) is 4. The normalized spacial score (nSPS) is 15.8. The third kappa shape index (κ3) is 4.01. The molecule has 140 valence electrons. The average molecular weight is 375 g/mol. The molecule has 1 heterocycles. The van der Waals surface area contributed by atoms with Gasteiger partial charge < -0.3 is 9.32 Å². The van der Waals surface area contributed by atoms with Crippen LogP contribution in [-0.4, -0.2) is 32.3 Å². The molecule has 1 aromatic carbocycles. The quantitative estimate of drug-likeness (QED) is 0.793. The molecule has 0 bridgehead atoms. The maximum atomic E-state index is 12.6. The Morgan fingerprint density at radius 3 is 2.50 bits per heavy atom. The highest BCUT2D eigenvalue weighted by Crippen LogP contribution is 2.25. The van der Waals surface area contributed by atoms with Crippen molar-refractivity contribution < 1.29 is 17.6 Å². The van der Waals surface area contributed by atoms with Crippen LogP contribution in [0.2, 0.25) is 0 Å². The number of hydrogen-bond donors (Lipinski definition) is 0. The van der Waals surface area contributed by atoms with Gasteiger partial charge in [-0.25, -0.2) is 8.42 Å². The van der Waals surface area contributed by atoms with E-state index in [4.69, 9.17) is 4.42 Å². The number of aryl methyl sites for hydroxylation is 1. The van der Waals surface area contributed by atoms with E-state index in [9.17, 15) is 13.2 Å². The van der Waals surface area contributed by atoms with Crippen LogP contribution in [0.5, 0.6) is 0 Å². The van der Waals surface area contributed by atoms with Crippen LogP contribution >= 0.6 is 0 Å². The molecule has 0 aliphatic heterocycles. The van der Waals surface area contributed by atoms with Gasteiger partial charge in [-0.15, -0.1) is 0 Å². The fourth-order valence-corrected chi connectivity index (χ4v) is 5.08. The second-order valence-electron chi connectivity index (χ2n) is 7.00. The number of furan rings is 1. The van der Waals surface area contributed by atoms with E-state index in [0.717, 1.165) is 25.7 Å². The number of carbonyl (C=O) groups excluding carboxylic acids is 1. The van der Waals surface area contributed by atoms with Crippen molar-refractivity contribution in [3.63, 3.8) is 0 Å². The summed E-state index contributed by atoms with van der Waals surface area (Å²) >= 11 is 0. The van der Waals surface area contributed by atoms with E-state index in [1.165, 1.54) is 6.42 Å². The summed E-state index contributed by atoms with van der Waals surface area (Å²) in [6.07, 6.45) is 5.52. The Balaban J connectivity index is 1.73. The summed E-state index contributed by atoms with van der Waals surface area (Å²) in [5.74, 6) is 0.0521. The summed E-state index contributed by atoms with van der Waals surface area (Å²) in [7, 11) is -1.72. The summed E-state index contributed by atoms with van der Waals surface area (Å²) in [4.78, 5) is 14.7. The molecule has 26 heavy (non-hydrogen) atoms.